The van der Waals surface area contributed by atoms with Crippen LogP contribution in [0.3, 0.4) is 0 Å². The van der Waals surface area contributed by atoms with Gasteiger partial charge in [0.25, 0.3) is 0 Å². The molecule has 0 aliphatic heterocycles. The second-order valence-electron chi connectivity index (χ2n) is 9.03. The molecule has 2 N–H and O–H groups in total. The second-order valence-corrected chi connectivity index (χ2v) is 9.03. The average Bonchev–Trinajstić information content (AvgIpc) is 2.45. The molecule has 0 bridgehead atoms. The predicted molar refractivity (Wildman–Crippen MR) is 107 cm³/mol. The van der Waals surface area contributed by atoms with Crippen molar-refractivity contribution in [2.45, 2.75) is 136 Å². The molecule has 0 aromatic carbocycles. The van der Waals surface area contributed by atoms with Crippen LogP contribution >= 0.6 is 0 Å². The van der Waals surface area contributed by atoms with Gasteiger partial charge in [0.1, 0.15) is 0 Å². The first-order valence-corrected chi connectivity index (χ1v) is 10.7. The summed E-state index contributed by atoms with van der Waals surface area (Å²) in [6.45, 7) is 9.18. The van der Waals surface area contributed by atoms with Crippen LogP contribution in [-0.4, -0.2) is 6.04 Å². The molecule has 1 atom stereocenters. The molecule has 0 saturated heterocycles. The third-order valence-electron chi connectivity index (χ3n) is 4.84. The molecule has 140 valence electrons. The first-order valence-electron chi connectivity index (χ1n) is 10.7. The van der Waals surface area contributed by atoms with E-state index in [9.17, 15) is 0 Å². The Morgan fingerprint density at radius 1 is 0.565 bits per heavy atom. The van der Waals surface area contributed by atoms with Crippen molar-refractivity contribution in [1.29, 1.82) is 0 Å². The predicted octanol–water partition coefficient (Wildman–Crippen LogP) is 7.62. The summed E-state index contributed by atoms with van der Waals surface area (Å²) in [4.78, 5) is 0. The van der Waals surface area contributed by atoms with Gasteiger partial charge in [-0.15, -0.1) is 0 Å². The number of hydrogen-bond donors (Lipinski definition) is 1. The number of nitrogens with two attached hydrogens (primary N) is 1. The van der Waals surface area contributed by atoms with E-state index in [0.29, 0.717) is 11.5 Å². The fourth-order valence-corrected chi connectivity index (χ4v) is 3.24. The van der Waals surface area contributed by atoms with Gasteiger partial charge in [0.15, 0.2) is 0 Å². The molecule has 0 spiro atoms. The van der Waals surface area contributed by atoms with E-state index >= 15 is 0 Å². The van der Waals surface area contributed by atoms with Gasteiger partial charge in [0, 0.05) is 6.04 Å². The van der Waals surface area contributed by atoms with Crippen LogP contribution in [-0.2, 0) is 0 Å². The Balaban J connectivity index is 3.03. The Labute approximate surface area is 148 Å². The summed E-state index contributed by atoms with van der Waals surface area (Å²) in [6.07, 6.45) is 22.7. The fraction of sp³-hybridized carbons (Fsp3) is 1.00. The van der Waals surface area contributed by atoms with Crippen molar-refractivity contribution < 1.29 is 0 Å². The summed E-state index contributed by atoms with van der Waals surface area (Å²) < 4.78 is 0. The van der Waals surface area contributed by atoms with Crippen LogP contribution in [0.4, 0.5) is 0 Å². The lowest BCUT2D eigenvalue weighted by Gasteiger charge is -2.17. The summed E-state index contributed by atoms with van der Waals surface area (Å²) in [6, 6.07) is 0.397. The minimum atomic E-state index is 0.397. The van der Waals surface area contributed by atoms with E-state index in [2.05, 4.69) is 27.7 Å². The zero-order valence-electron chi connectivity index (χ0n) is 17.0. The van der Waals surface area contributed by atoms with Crippen molar-refractivity contribution in [3.05, 3.63) is 0 Å². The minimum absolute atomic E-state index is 0.397. The third-order valence-corrected chi connectivity index (χ3v) is 4.84. The maximum Gasteiger partial charge on any atom is 0.00104 e. The molecule has 0 saturated carbocycles. The van der Waals surface area contributed by atoms with Gasteiger partial charge < -0.3 is 5.73 Å². The highest BCUT2D eigenvalue weighted by Gasteiger charge is 2.08. The van der Waals surface area contributed by atoms with Crippen molar-refractivity contribution in [3.63, 3.8) is 0 Å². The van der Waals surface area contributed by atoms with E-state index in [4.69, 9.17) is 5.73 Å². The minimum Gasteiger partial charge on any atom is -0.328 e. The van der Waals surface area contributed by atoms with E-state index in [-0.39, 0.29) is 0 Å². The Morgan fingerprint density at radius 2 is 0.870 bits per heavy atom. The number of hydrogen-bond acceptors (Lipinski definition) is 1. The van der Waals surface area contributed by atoms with E-state index in [1.54, 1.807) is 0 Å². The molecule has 0 rings (SSSR count). The highest BCUT2D eigenvalue weighted by atomic mass is 14.6. The molecule has 0 aliphatic carbocycles. The van der Waals surface area contributed by atoms with Crippen LogP contribution in [0, 0.1) is 5.41 Å². The summed E-state index contributed by atoms with van der Waals surface area (Å²) >= 11 is 0. The lowest BCUT2D eigenvalue weighted by atomic mass is 9.89. The zero-order chi connectivity index (χ0) is 17.4. The Bertz CT molecular complexity index is 227. The Kier molecular flexibility index (Phi) is 15.5. The largest absolute Gasteiger partial charge is 0.328 e. The first-order chi connectivity index (χ1) is 10.9. The Hall–Kier alpha value is -0.0400. The normalized spacial score (nSPS) is 13.4. The van der Waals surface area contributed by atoms with Crippen LogP contribution in [0.2, 0.25) is 0 Å². The average molecular weight is 326 g/mol. The molecular formula is C22H47N. The summed E-state index contributed by atoms with van der Waals surface area (Å²) in [5, 5.41) is 0. The topological polar surface area (TPSA) is 26.0 Å². The molecule has 23 heavy (non-hydrogen) atoms. The molecule has 1 unspecified atom stereocenters. The molecule has 0 fully saturated rings. The van der Waals surface area contributed by atoms with Crippen molar-refractivity contribution in [1.82, 2.24) is 0 Å². The highest BCUT2D eigenvalue weighted by molar-refractivity contribution is 4.61. The van der Waals surface area contributed by atoms with Crippen LogP contribution in [0.15, 0.2) is 0 Å². The van der Waals surface area contributed by atoms with Crippen LogP contribution in [0.5, 0.6) is 0 Å². The molecule has 1 heteroatoms. The lowest BCUT2D eigenvalue weighted by Crippen LogP contribution is -2.13. The van der Waals surface area contributed by atoms with Crippen molar-refractivity contribution in [2.24, 2.45) is 11.1 Å². The monoisotopic (exact) mass is 325 g/mol. The van der Waals surface area contributed by atoms with Crippen molar-refractivity contribution in [2.75, 3.05) is 0 Å². The SMILES string of the molecule is CC(N)CCCCCCCCCCCCCCCCC(C)(C)C. The number of unbranched alkanes of at least 4 members (excludes halogenated alkanes) is 13. The molecule has 0 radical (unpaired) electrons. The smallest absolute Gasteiger partial charge is 0.00104 e. The van der Waals surface area contributed by atoms with Gasteiger partial charge in [-0.25, -0.2) is 0 Å². The first kappa shape index (κ1) is 23.0. The van der Waals surface area contributed by atoms with Gasteiger partial charge in [-0.05, 0) is 25.2 Å². The molecule has 1 nitrogen and oxygen atoms in total. The number of rotatable bonds is 16. The maximum absolute atomic E-state index is 5.76. The van der Waals surface area contributed by atoms with E-state index in [0.717, 1.165) is 0 Å². The van der Waals surface area contributed by atoms with Crippen LogP contribution in [0.25, 0.3) is 0 Å². The van der Waals surface area contributed by atoms with Crippen LogP contribution in [0.1, 0.15) is 130 Å². The quantitative estimate of drug-likeness (QED) is 0.290. The summed E-state index contributed by atoms with van der Waals surface area (Å²) in [5.74, 6) is 0. The van der Waals surface area contributed by atoms with Gasteiger partial charge in [-0.1, -0.05) is 111 Å². The fourth-order valence-electron chi connectivity index (χ4n) is 3.24. The zero-order valence-corrected chi connectivity index (χ0v) is 17.0. The second kappa shape index (κ2) is 15.5. The van der Waals surface area contributed by atoms with Crippen molar-refractivity contribution in [3.8, 4) is 0 Å². The third kappa shape index (κ3) is 22.0. The van der Waals surface area contributed by atoms with Crippen LogP contribution < -0.4 is 5.73 Å². The summed E-state index contributed by atoms with van der Waals surface area (Å²) in [7, 11) is 0. The van der Waals surface area contributed by atoms with Gasteiger partial charge in [-0.3, -0.25) is 0 Å². The van der Waals surface area contributed by atoms with Gasteiger partial charge >= 0.3 is 0 Å². The van der Waals surface area contributed by atoms with Gasteiger partial charge in [0.05, 0.1) is 0 Å². The van der Waals surface area contributed by atoms with Gasteiger partial charge in [-0.2, -0.15) is 0 Å². The molecule has 0 heterocycles. The molecular weight excluding hydrogens is 278 g/mol. The van der Waals surface area contributed by atoms with E-state index in [1.165, 1.54) is 103 Å². The lowest BCUT2D eigenvalue weighted by molar-refractivity contribution is 0.356. The van der Waals surface area contributed by atoms with Gasteiger partial charge in [0.2, 0.25) is 0 Å². The van der Waals surface area contributed by atoms with E-state index < -0.39 is 0 Å². The maximum atomic E-state index is 5.76. The standard InChI is InChI=1S/C22H47N/c1-21(23)19-17-15-13-11-9-7-5-6-8-10-12-14-16-18-20-22(2,3)4/h21H,5-20,23H2,1-4H3. The van der Waals surface area contributed by atoms with E-state index in [1.807, 2.05) is 0 Å². The molecule has 0 aromatic heterocycles. The highest BCUT2D eigenvalue weighted by Crippen LogP contribution is 2.22. The molecule has 0 amide bonds. The Morgan fingerprint density at radius 3 is 1.17 bits per heavy atom. The summed E-state index contributed by atoms with van der Waals surface area (Å²) in [5.41, 5.74) is 6.29. The molecule has 0 aromatic rings. The molecule has 0 aliphatic rings. The van der Waals surface area contributed by atoms with Crippen molar-refractivity contribution >= 4 is 0 Å².